The summed E-state index contributed by atoms with van der Waals surface area (Å²) >= 11 is 0. The van der Waals surface area contributed by atoms with Crippen molar-refractivity contribution in [2.24, 2.45) is 16.5 Å². The Labute approximate surface area is 128 Å². The van der Waals surface area contributed by atoms with Gasteiger partial charge in [0.25, 0.3) is 5.97 Å². The lowest BCUT2D eigenvalue weighted by Gasteiger charge is -2.34. The molecule has 124 valence electrons. The lowest BCUT2D eigenvalue weighted by atomic mass is 10.0. The minimum atomic E-state index is -0.833. The molecule has 2 aliphatic rings. The second-order valence-corrected chi connectivity index (χ2v) is 5.22. The van der Waals surface area contributed by atoms with Gasteiger partial charge in [0.1, 0.15) is 12.1 Å². The van der Waals surface area contributed by atoms with Crippen LogP contribution in [-0.2, 0) is 14.4 Å². The molecule has 2 aliphatic heterocycles. The average Bonchev–Trinajstić information content (AvgIpc) is 2.89. The summed E-state index contributed by atoms with van der Waals surface area (Å²) in [6, 6.07) is -0.660. The van der Waals surface area contributed by atoms with E-state index in [0.717, 1.165) is 19.8 Å². The molecular weight excluding hydrogens is 290 g/mol. The maximum Gasteiger partial charge on any atom is 0.300 e. The minimum absolute atomic E-state index is 0.0288. The third kappa shape index (κ3) is 5.23. The quantitative estimate of drug-likeness (QED) is 0.285. The maximum atomic E-state index is 12.1. The lowest BCUT2D eigenvalue weighted by Crippen LogP contribution is -2.61. The number of nitrogens with zero attached hydrogens (tertiary/aromatic N) is 2. The number of hydrogen-bond acceptors (Lipinski definition) is 4. The van der Waals surface area contributed by atoms with Crippen molar-refractivity contribution < 1.29 is 19.5 Å². The van der Waals surface area contributed by atoms with Gasteiger partial charge in [0, 0.05) is 20.0 Å². The lowest BCUT2D eigenvalue weighted by molar-refractivity contribution is -0.147. The molecule has 0 aromatic rings. The van der Waals surface area contributed by atoms with Gasteiger partial charge in [-0.2, -0.15) is 0 Å². The molecule has 0 aromatic carbocycles. The second-order valence-electron chi connectivity index (χ2n) is 5.22. The number of piperazine rings is 1. The third-order valence-corrected chi connectivity index (χ3v) is 3.40. The number of carbonyl (C=O) groups is 3. The number of nitrogens with two attached hydrogens (primary N) is 2. The van der Waals surface area contributed by atoms with Crippen LogP contribution in [0.1, 0.15) is 32.6 Å². The van der Waals surface area contributed by atoms with Gasteiger partial charge in [-0.3, -0.25) is 19.4 Å². The van der Waals surface area contributed by atoms with Crippen molar-refractivity contribution in [3.05, 3.63) is 0 Å². The number of amides is 2. The molecule has 0 spiro atoms. The van der Waals surface area contributed by atoms with E-state index in [9.17, 15) is 9.59 Å². The zero-order chi connectivity index (χ0) is 16.7. The molecule has 0 aliphatic carbocycles. The highest BCUT2D eigenvalue weighted by atomic mass is 16.4. The summed E-state index contributed by atoms with van der Waals surface area (Å²) in [6.45, 7) is 2.26. The smallest absolute Gasteiger partial charge is 0.300 e. The number of rotatable bonds is 4. The molecule has 6 N–H and O–H groups in total. The highest BCUT2D eigenvalue weighted by Crippen LogP contribution is 2.23. The Balaban J connectivity index is 0.000000541. The number of carboxylic acids is 1. The van der Waals surface area contributed by atoms with E-state index in [-0.39, 0.29) is 23.8 Å². The van der Waals surface area contributed by atoms with Gasteiger partial charge in [0.2, 0.25) is 11.8 Å². The summed E-state index contributed by atoms with van der Waals surface area (Å²) in [5, 5.41) is 10.2. The predicted molar refractivity (Wildman–Crippen MR) is 79.9 cm³/mol. The van der Waals surface area contributed by atoms with Gasteiger partial charge in [0.15, 0.2) is 5.96 Å². The first-order valence-corrected chi connectivity index (χ1v) is 7.18. The first-order valence-electron chi connectivity index (χ1n) is 7.18. The van der Waals surface area contributed by atoms with E-state index in [1.807, 2.05) is 0 Å². The van der Waals surface area contributed by atoms with Crippen LogP contribution in [0.15, 0.2) is 4.99 Å². The Morgan fingerprint density at radius 2 is 2.09 bits per heavy atom. The number of aliphatic imine (C=N–C) groups is 1. The normalized spacial score (nSPS) is 23.0. The van der Waals surface area contributed by atoms with E-state index >= 15 is 0 Å². The van der Waals surface area contributed by atoms with Crippen molar-refractivity contribution in [1.82, 2.24) is 10.2 Å². The third-order valence-electron chi connectivity index (χ3n) is 3.40. The van der Waals surface area contributed by atoms with E-state index in [0.29, 0.717) is 25.9 Å². The van der Waals surface area contributed by atoms with Crippen LogP contribution < -0.4 is 16.8 Å². The largest absolute Gasteiger partial charge is 0.481 e. The van der Waals surface area contributed by atoms with Crippen LogP contribution >= 0.6 is 0 Å². The predicted octanol–water partition coefficient (Wildman–Crippen LogP) is -1.38. The standard InChI is InChI=1S/C11H19N5O2.C2H4O2/c12-11(13)14-5-1-3-7-10(18)16-6-2-4-8(16)9(17)15-7;1-2(3)4/h7-8H,1-6H2,(H,15,17)(H4,12,13,14);1H3,(H,3,4)/t7-,8+;/m1./s1. The average molecular weight is 313 g/mol. The monoisotopic (exact) mass is 313 g/mol. The Bertz CT molecular complexity index is 457. The van der Waals surface area contributed by atoms with Crippen molar-refractivity contribution in [2.75, 3.05) is 13.1 Å². The zero-order valence-corrected chi connectivity index (χ0v) is 12.6. The molecule has 22 heavy (non-hydrogen) atoms. The molecule has 2 heterocycles. The number of carbonyl (C=O) groups excluding carboxylic acids is 2. The van der Waals surface area contributed by atoms with E-state index in [4.69, 9.17) is 21.4 Å². The number of hydrogen-bond donors (Lipinski definition) is 4. The van der Waals surface area contributed by atoms with Crippen molar-refractivity contribution >= 4 is 23.7 Å². The molecule has 9 heteroatoms. The molecule has 0 bridgehead atoms. The molecule has 2 atom stereocenters. The fraction of sp³-hybridized carbons (Fsp3) is 0.692. The summed E-state index contributed by atoms with van der Waals surface area (Å²) in [5.41, 5.74) is 10.4. The van der Waals surface area contributed by atoms with Crippen LogP contribution in [0.5, 0.6) is 0 Å². The van der Waals surface area contributed by atoms with Crippen molar-refractivity contribution in [1.29, 1.82) is 0 Å². The summed E-state index contributed by atoms with van der Waals surface area (Å²) in [5.74, 6) is -0.783. The molecule has 0 unspecified atom stereocenters. The van der Waals surface area contributed by atoms with E-state index in [1.54, 1.807) is 4.90 Å². The van der Waals surface area contributed by atoms with Gasteiger partial charge < -0.3 is 26.8 Å². The van der Waals surface area contributed by atoms with Crippen molar-refractivity contribution in [3.8, 4) is 0 Å². The molecule has 9 nitrogen and oxygen atoms in total. The van der Waals surface area contributed by atoms with Crippen molar-refractivity contribution in [3.63, 3.8) is 0 Å². The SMILES string of the molecule is CC(=O)O.NC(N)=NCCC[C@H]1NC(=O)[C@@H]2CCCN2C1=O. The molecule has 0 aromatic heterocycles. The second kappa shape index (κ2) is 8.20. The van der Waals surface area contributed by atoms with Gasteiger partial charge in [0.05, 0.1) is 0 Å². The van der Waals surface area contributed by atoms with Gasteiger partial charge in [-0.05, 0) is 25.7 Å². The van der Waals surface area contributed by atoms with Crippen LogP contribution in [-0.4, -0.2) is 58.9 Å². The van der Waals surface area contributed by atoms with Gasteiger partial charge in [-0.1, -0.05) is 0 Å². The Morgan fingerprint density at radius 3 is 2.68 bits per heavy atom. The van der Waals surface area contributed by atoms with Crippen LogP contribution in [0.25, 0.3) is 0 Å². The number of fused-ring (bicyclic) bond motifs is 1. The topological polar surface area (TPSA) is 151 Å². The summed E-state index contributed by atoms with van der Waals surface area (Å²) in [6.07, 6.45) is 2.93. The maximum absolute atomic E-state index is 12.1. The van der Waals surface area contributed by atoms with Crippen LogP contribution in [0.2, 0.25) is 0 Å². The van der Waals surface area contributed by atoms with Gasteiger partial charge in [-0.15, -0.1) is 0 Å². The molecule has 2 rings (SSSR count). The molecule has 0 radical (unpaired) electrons. The molecule has 2 fully saturated rings. The van der Waals surface area contributed by atoms with E-state index in [1.165, 1.54) is 0 Å². The van der Waals surface area contributed by atoms with E-state index in [2.05, 4.69) is 10.3 Å². The molecule has 0 saturated carbocycles. The number of carboxylic acid groups (broad SMARTS) is 1. The van der Waals surface area contributed by atoms with Gasteiger partial charge in [-0.25, -0.2) is 0 Å². The molecule has 2 amide bonds. The van der Waals surface area contributed by atoms with Crippen molar-refractivity contribution in [2.45, 2.75) is 44.7 Å². The highest BCUT2D eigenvalue weighted by molar-refractivity contribution is 5.97. The summed E-state index contributed by atoms with van der Waals surface area (Å²) < 4.78 is 0. The van der Waals surface area contributed by atoms with Gasteiger partial charge >= 0.3 is 0 Å². The number of aliphatic carboxylic acids is 1. The van der Waals surface area contributed by atoms with Crippen LogP contribution in [0, 0.1) is 0 Å². The summed E-state index contributed by atoms with van der Waals surface area (Å²) in [4.78, 5) is 38.5. The summed E-state index contributed by atoms with van der Waals surface area (Å²) in [7, 11) is 0. The molecule has 2 saturated heterocycles. The Morgan fingerprint density at radius 1 is 1.45 bits per heavy atom. The van der Waals surface area contributed by atoms with Crippen LogP contribution in [0.3, 0.4) is 0 Å². The Hall–Kier alpha value is -2.32. The number of nitrogens with one attached hydrogen (secondary N) is 1. The fourth-order valence-electron chi connectivity index (χ4n) is 2.53. The van der Waals surface area contributed by atoms with E-state index < -0.39 is 12.0 Å². The first-order chi connectivity index (χ1) is 10.3. The zero-order valence-electron chi connectivity index (χ0n) is 12.6. The molecular formula is C13H23N5O4. The first kappa shape index (κ1) is 17.7. The minimum Gasteiger partial charge on any atom is -0.481 e. The van der Waals surface area contributed by atoms with Crippen LogP contribution in [0.4, 0.5) is 0 Å². The highest BCUT2D eigenvalue weighted by Gasteiger charge is 2.42. The fourth-order valence-corrected chi connectivity index (χ4v) is 2.53. The number of guanidine groups is 1. The Kier molecular flexibility index (Phi) is 6.61.